The number of hydrogen-bond acceptors (Lipinski definition) is 7. The molecular weight excluding hydrogens is 406 g/mol. The Morgan fingerprint density at radius 2 is 1.60 bits per heavy atom. The van der Waals surface area contributed by atoms with Gasteiger partial charge in [-0.15, -0.1) is 0 Å². The third-order valence-corrected chi connectivity index (χ3v) is 7.37. The molecule has 156 valence electrons. The van der Waals surface area contributed by atoms with E-state index in [-0.39, 0.29) is 10.8 Å². The molecule has 0 radical (unpaired) electrons. The van der Waals surface area contributed by atoms with E-state index in [4.69, 9.17) is 14.0 Å². The molecule has 2 saturated heterocycles. The lowest BCUT2D eigenvalue weighted by Crippen LogP contribution is -2.47. The molecule has 1 aromatic heterocycles. The van der Waals surface area contributed by atoms with Crippen LogP contribution in [-0.2, 0) is 19.5 Å². The molecule has 0 amide bonds. The third-order valence-electron chi connectivity index (χ3n) is 5.47. The summed E-state index contributed by atoms with van der Waals surface area (Å²) in [4.78, 5) is 4.61. The molecule has 0 atom stereocenters. The van der Waals surface area contributed by atoms with Crippen LogP contribution in [0.5, 0.6) is 0 Å². The molecule has 3 heterocycles. The predicted octanol–water partition coefficient (Wildman–Crippen LogP) is 2.93. The standard InChI is InChI=1S/C21H21N3O5S/c25-30(26,24-11-9-21(10-12-24)27-13-14-28-21)18-8-4-7-17(15-18)20-22-19(23-29-20)16-5-2-1-3-6-16/h1-8,15H,9-14H2. The maximum absolute atomic E-state index is 13.2. The minimum Gasteiger partial charge on any atom is -0.347 e. The van der Waals surface area contributed by atoms with Gasteiger partial charge in [0.1, 0.15) is 0 Å². The van der Waals surface area contributed by atoms with Crippen LogP contribution >= 0.6 is 0 Å². The lowest BCUT2D eigenvalue weighted by Gasteiger charge is -2.36. The molecule has 5 rings (SSSR count). The topological polar surface area (TPSA) is 94.8 Å². The second kappa shape index (κ2) is 7.59. The van der Waals surface area contributed by atoms with Gasteiger partial charge < -0.3 is 14.0 Å². The molecule has 2 fully saturated rings. The fraction of sp³-hybridized carbons (Fsp3) is 0.333. The molecule has 2 aliphatic heterocycles. The van der Waals surface area contributed by atoms with Gasteiger partial charge in [0.15, 0.2) is 5.79 Å². The lowest BCUT2D eigenvalue weighted by molar-refractivity contribution is -0.179. The number of nitrogens with zero attached hydrogens (tertiary/aromatic N) is 3. The van der Waals surface area contributed by atoms with E-state index in [0.717, 1.165) is 5.56 Å². The second-order valence-electron chi connectivity index (χ2n) is 7.33. The summed E-state index contributed by atoms with van der Waals surface area (Å²) in [6.07, 6.45) is 1.05. The summed E-state index contributed by atoms with van der Waals surface area (Å²) in [7, 11) is -3.65. The van der Waals surface area contributed by atoms with Crippen molar-refractivity contribution < 1.29 is 22.4 Å². The molecule has 3 aromatic rings. The van der Waals surface area contributed by atoms with Gasteiger partial charge in [-0.2, -0.15) is 9.29 Å². The summed E-state index contributed by atoms with van der Waals surface area (Å²) >= 11 is 0. The first-order valence-corrected chi connectivity index (χ1v) is 11.3. The van der Waals surface area contributed by atoms with Gasteiger partial charge in [0.05, 0.1) is 18.1 Å². The van der Waals surface area contributed by atoms with Crippen LogP contribution in [0.15, 0.2) is 64.0 Å². The highest BCUT2D eigenvalue weighted by molar-refractivity contribution is 7.89. The Kier molecular flexibility index (Phi) is 4.90. The largest absolute Gasteiger partial charge is 0.347 e. The Morgan fingerprint density at radius 1 is 0.900 bits per heavy atom. The van der Waals surface area contributed by atoms with Crippen LogP contribution in [0, 0.1) is 0 Å². The molecule has 0 bridgehead atoms. The normalized spacial score (nSPS) is 19.3. The van der Waals surface area contributed by atoms with E-state index in [9.17, 15) is 8.42 Å². The van der Waals surface area contributed by atoms with Gasteiger partial charge in [-0.05, 0) is 18.2 Å². The van der Waals surface area contributed by atoms with Gasteiger partial charge in [0.25, 0.3) is 5.89 Å². The number of benzene rings is 2. The smallest absolute Gasteiger partial charge is 0.258 e. The fourth-order valence-corrected chi connectivity index (χ4v) is 5.32. The maximum atomic E-state index is 13.2. The molecule has 2 aromatic carbocycles. The summed E-state index contributed by atoms with van der Waals surface area (Å²) in [6.45, 7) is 1.82. The van der Waals surface area contributed by atoms with Crippen molar-refractivity contribution >= 4 is 10.0 Å². The van der Waals surface area contributed by atoms with E-state index in [2.05, 4.69) is 10.1 Å². The highest BCUT2D eigenvalue weighted by atomic mass is 32.2. The van der Waals surface area contributed by atoms with Crippen molar-refractivity contribution in [3.05, 3.63) is 54.6 Å². The van der Waals surface area contributed by atoms with Crippen LogP contribution in [-0.4, -0.2) is 55.0 Å². The van der Waals surface area contributed by atoms with Crippen molar-refractivity contribution in [3.8, 4) is 22.8 Å². The molecule has 0 N–H and O–H groups in total. The zero-order valence-corrected chi connectivity index (χ0v) is 17.0. The van der Waals surface area contributed by atoms with Crippen LogP contribution in [0.2, 0.25) is 0 Å². The van der Waals surface area contributed by atoms with Gasteiger partial charge in [0, 0.05) is 37.1 Å². The highest BCUT2D eigenvalue weighted by Crippen LogP contribution is 2.34. The van der Waals surface area contributed by atoms with Crippen LogP contribution in [0.3, 0.4) is 0 Å². The quantitative estimate of drug-likeness (QED) is 0.632. The van der Waals surface area contributed by atoms with E-state index < -0.39 is 15.8 Å². The zero-order chi connectivity index (χ0) is 20.6. The average molecular weight is 427 g/mol. The number of hydrogen-bond donors (Lipinski definition) is 0. The lowest BCUT2D eigenvalue weighted by atomic mass is 10.1. The number of sulfonamides is 1. The first-order chi connectivity index (χ1) is 14.6. The minimum atomic E-state index is -3.65. The third kappa shape index (κ3) is 3.54. The van der Waals surface area contributed by atoms with Crippen molar-refractivity contribution in [2.75, 3.05) is 26.3 Å². The second-order valence-corrected chi connectivity index (χ2v) is 9.27. The number of rotatable bonds is 4. The first kappa shape index (κ1) is 19.4. The Bertz CT molecular complexity index is 1130. The molecular formula is C21H21N3O5S. The molecule has 2 aliphatic rings. The van der Waals surface area contributed by atoms with E-state index >= 15 is 0 Å². The van der Waals surface area contributed by atoms with E-state index in [1.54, 1.807) is 24.3 Å². The van der Waals surface area contributed by atoms with Crippen LogP contribution < -0.4 is 0 Å². The maximum Gasteiger partial charge on any atom is 0.258 e. The Labute approximate surface area is 174 Å². The molecule has 0 saturated carbocycles. The van der Waals surface area contributed by atoms with Crippen molar-refractivity contribution in [2.45, 2.75) is 23.5 Å². The first-order valence-electron chi connectivity index (χ1n) is 9.83. The summed E-state index contributed by atoms with van der Waals surface area (Å²) < 4.78 is 44.6. The SMILES string of the molecule is O=S(=O)(c1cccc(-c2nc(-c3ccccc3)no2)c1)N1CCC2(CC1)OCCO2. The monoisotopic (exact) mass is 427 g/mol. The average Bonchev–Trinajstić information content (AvgIpc) is 3.45. The van der Waals surface area contributed by atoms with Gasteiger partial charge in [0.2, 0.25) is 15.8 Å². The zero-order valence-electron chi connectivity index (χ0n) is 16.2. The van der Waals surface area contributed by atoms with Crippen LogP contribution in [0.25, 0.3) is 22.8 Å². The number of piperidine rings is 1. The van der Waals surface area contributed by atoms with Crippen LogP contribution in [0.4, 0.5) is 0 Å². The Morgan fingerprint density at radius 3 is 2.33 bits per heavy atom. The van der Waals surface area contributed by atoms with Crippen molar-refractivity contribution in [1.82, 2.24) is 14.4 Å². The molecule has 8 nitrogen and oxygen atoms in total. The number of aromatic nitrogens is 2. The van der Waals surface area contributed by atoms with Gasteiger partial charge in [-0.25, -0.2) is 8.42 Å². The van der Waals surface area contributed by atoms with Crippen molar-refractivity contribution in [1.29, 1.82) is 0 Å². The molecule has 1 spiro atoms. The summed E-state index contributed by atoms with van der Waals surface area (Å²) in [5, 5.41) is 4.01. The van der Waals surface area contributed by atoms with E-state index in [0.29, 0.717) is 50.5 Å². The van der Waals surface area contributed by atoms with Crippen LogP contribution in [0.1, 0.15) is 12.8 Å². The van der Waals surface area contributed by atoms with Gasteiger partial charge >= 0.3 is 0 Å². The summed E-state index contributed by atoms with van der Waals surface area (Å²) in [6, 6.07) is 16.1. The Hall–Kier alpha value is -2.59. The number of ether oxygens (including phenoxy) is 2. The molecule has 0 unspecified atom stereocenters. The molecule has 30 heavy (non-hydrogen) atoms. The van der Waals surface area contributed by atoms with E-state index in [1.807, 2.05) is 30.3 Å². The highest BCUT2D eigenvalue weighted by Gasteiger charge is 2.42. The molecule has 0 aliphatic carbocycles. The van der Waals surface area contributed by atoms with Gasteiger partial charge in [-0.3, -0.25) is 0 Å². The minimum absolute atomic E-state index is 0.198. The summed E-state index contributed by atoms with van der Waals surface area (Å²) in [5.74, 6) is 0.110. The summed E-state index contributed by atoms with van der Waals surface area (Å²) in [5.41, 5.74) is 1.39. The van der Waals surface area contributed by atoms with E-state index in [1.165, 1.54) is 4.31 Å². The predicted molar refractivity (Wildman–Crippen MR) is 108 cm³/mol. The van der Waals surface area contributed by atoms with Gasteiger partial charge in [-0.1, -0.05) is 41.6 Å². The molecule has 9 heteroatoms. The van der Waals surface area contributed by atoms with Crippen molar-refractivity contribution in [2.24, 2.45) is 0 Å². The van der Waals surface area contributed by atoms with Crippen molar-refractivity contribution in [3.63, 3.8) is 0 Å². The fourth-order valence-electron chi connectivity index (χ4n) is 3.84. The Balaban J connectivity index is 1.38.